The highest BCUT2D eigenvalue weighted by Crippen LogP contribution is 2.49. The highest BCUT2D eigenvalue weighted by atomic mass is 32.1. The zero-order valence-corrected chi connectivity index (χ0v) is 31.4. The van der Waals surface area contributed by atoms with E-state index in [9.17, 15) is 0 Å². The van der Waals surface area contributed by atoms with Crippen LogP contribution in [0.5, 0.6) is 0 Å². The Labute approximate surface area is 327 Å². The molecule has 0 radical (unpaired) electrons. The van der Waals surface area contributed by atoms with Gasteiger partial charge in [0.15, 0.2) is 0 Å². The summed E-state index contributed by atoms with van der Waals surface area (Å²) in [5, 5.41) is 7.68. The van der Waals surface area contributed by atoms with Crippen molar-refractivity contribution in [1.82, 2.24) is 0 Å². The fourth-order valence-corrected chi connectivity index (χ4v) is 10.7. The lowest BCUT2D eigenvalue weighted by Crippen LogP contribution is -2.10. The van der Waals surface area contributed by atoms with Crippen LogP contribution in [0.4, 0.5) is 17.1 Å². The van der Waals surface area contributed by atoms with E-state index in [1.165, 1.54) is 90.2 Å². The minimum absolute atomic E-state index is 1.12. The van der Waals surface area contributed by atoms with Crippen molar-refractivity contribution < 1.29 is 0 Å². The molecule has 11 aromatic rings. The van der Waals surface area contributed by atoms with Gasteiger partial charge in [-0.05, 0) is 86.6 Å². The van der Waals surface area contributed by atoms with E-state index in [2.05, 4.69) is 205 Å². The highest BCUT2D eigenvalue weighted by Gasteiger charge is 2.22. The van der Waals surface area contributed by atoms with Crippen LogP contribution in [0.2, 0.25) is 0 Å². The molecule has 9 aromatic carbocycles. The summed E-state index contributed by atoms with van der Waals surface area (Å²) in [7, 11) is 0. The number of fused-ring (bicyclic) bond motifs is 7. The maximum absolute atomic E-state index is 2.47. The largest absolute Gasteiger partial charge is 0.310 e. The van der Waals surface area contributed by atoms with Crippen molar-refractivity contribution in [3.05, 3.63) is 200 Å². The van der Waals surface area contributed by atoms with Crippen LogP contribution in [0, 0.1) is 0 Å². The van der Waals surface area contributed by atoms with E-state index in [0.29, 0.717) is 0 Å². The molecular formula is C52H33NS2. The van der Waals surface area contributed by atoms with Crippen molar-refractivity contribution in [2.24, 2.45) is 0 Å². The fourth-order valence-electron chi connectivity index (χ4n) is 8.34. The Morgan fingerprint density at radius 3 is 1.71 bits per heavy atom. The molecular weight excluding hydrogens is 703 g/mol. The summed E-state index contributed by atoms with van der Waals surface area (Å²) >= 11 is 3.75. The van der Waals surface area contributed by atoms with Gasteiger partial charge in [-0.15, -0.1) is 22.7 Å². The van der Waals surface area contributed by atoms with Gasteiger partial charge in [0.2, 0.25) is 0 Å². The molecule has 2 aromatic heterocycles. The summed E-state index contributed by atoms with van der Waals surface area (Å²) in [4.78, 5) is 2.47. The molecule has 11 rings (SSSR count). The van der Waals surface area contributed by atoms with Gasteiger partial charge in [0.1, 0.15) is 0 Å². The van der Waals surface area contributed by atoms with E-state index in [1.54, 1.807) is 0 Å². The van der Waals surface area contributed by atoms with Crippen molar-refractivity contribution in [3.63, 3.8) is 0 Å². The highest BCUT2D eigenvalue weighted by molar-refractivity contribution is 7.26. The minimum atomic E-state index is 1.12. The van der Waals surface area contributed by atoms with Crippen molar-refractivity contribution in [2.75, 3.05) is 4.90 Å². The van der Waals surface area contributed by atoms with Gasteiger partial charge >= 0.3 is 0 Å². The normalized spacial score (nSPS) is 11.6. The second kappa shape index (κ2) is 13.1. The van der Waals surface area contributed by atoms with Gasteiger partial charge in [0.25, 0.3) is 0 Å². The molecule has 0 N–H and O–H groups in total. The summed E-state index contributed by atoms with van der Waals surface area (Å²) in [5.41, 5.74) is 10.9. The Bertz CT molecular complexity index is 3190. The van der Waals surface area contributed by atoms with E-state index < -0.39 is 0 Å². The smallest absolute Gasteiger partial charge is 0.0555 e. The number of thiophene rings is 2. The summed E-state index contributed by atoms with van der Waals surface area (Å²) in [5.74, 6) is 0. The van der Waals surface area contributed by atoms with Crippen LogP contribution in [0.3, 0.4) is 0 Å². The molecule has 3 heteroatoms. The molecule has 0 saturated heterocycles. The zero-order valence-electron chi connectivity index (χ0n) is 29.8. The predicted molar refractivity (Wildman–Crippen MR) is 241 cm³/mol. The maximum Gasteiger partial charge on any atom is 0.0555 e. The summed E-state index contributed by atoms with van der Waals surface area (Å²) in [6.07, 6.45) is 0. The SMILES string of the molecule is c1ccc(-c2c(-c3ccc(N(c4ccc5c(c4)sc4ccccc45)c4ccc(-c5ccccc5)c5sc6ccccc6c45)cc3)ccc3ccccc23)cc1. The van der Waals surface area contributed by atoms with Crippen LogP contribution in [0.15, 0.2) is 200 Å². The fraction of sp³-hybridized carbons (Fsp3) is 0. The number of hydrogen-bond donors (Lipinski definition) is 0. The van der Waals surface area contributed by atoms with Crippen molar-refractivity contribution in [3.8, 4) is 33.4 Å². The lowest BCUT2D eigenvalue weighted by molar-refractivity contribution is 1.31. The van der Waals surface area contributed by atoms with Gasteiger partial charge in [0.05, 0.1) is 5.69 Å². The average molecular weight is 736 g/mol. The summed E-state index contributed by atoms with van der Waals surface area (Å²) in [6.45, 7) is 0. The Hall–Kier alpha value is -6.52. The molecule has 0 aliphatic carbocycles. The molecule has 0 aliphatic heterocycles. The lowest BCUT2D eigenvalue weighted by atomic mass is 9.90. The monoisotopic (exact) mass is 735 g/mol. The molecule has 0 amide bonds. The standard InChI is InChI=1S/C52H33NS2/c1-3-13-34(14-4-1)42-31-32-46(51-45-20-10-12-22-48(45)55-52(42)51)53(39-28-30-44-43-19-9-11-21-47(43)54-49(44)33-39)38-26-23-36(24-27-38)41-29-25-35-15-7-8-18-40(35)50(41)37-16-5-2-6-17-37/h1-33H. The average Bonchev–Trinajstić information content (AvgIpc) is 3.83. The first kappa shape index (κ1) is 32.0. The Balaban J connectivity index is 1.14. The number of anilines is 3. The third-order valence-corrected chi connectivity index (χ3v) is 13.2. The van der Waals surface area contributed by atoms with Gasteiger partial charge < -0.3 is 4.90 Å². The lowest BCUT2D eigenvalue weighted by Gasteiger charge is -2.27. The van der Waals surface area contributed by atoms with Gasteiger partial charge in [0, 0.05) is 51.7 Å². The third kappa shape index (κ3) is 5.35. The van der Waals surface area contributed by atoms with E-state index in [0.717, 1.165) is 11.4 Å². The third-order valence-electron chi connectivity index (χ3n) is 10.9. The van der Waals surface area contributed by atoms with E-state index in [4.69, 9.17) is 0 Å². The first-order valence-electron chi connectivity index (χ1n) is 18.7. The number of benzene rings is 9. The molecule has 258 valence electrons. The van der Waals surface area contributed by atoms with E-state index in [-0.39, 0.29) is 0 Å². The topological polar surface area (TPSA) is 3.24 Å². The Morgan fingerprint density at radius 1 is 0.345 bits per heavy atom. The predicted octanol–water partition coefficient (Wildman–Crippen LogP) is 16.0. The quantitative estimate of drug-likeness (QED) is 0.164. The van der Waals surface area contributed by atoms with Crippen LogP contribution in [-0.4, -0.2) is 0 Å². The van der Waals surface area contributed by atoms with Crippen LogP contribution in [-0.2, 0) is 0 Å². The molecule has 55 heavy (non-hydrogen) atoms. The van der Waals surface area contributed by atoms with E-state index >= 15 is 0 Å². The van der Waals surface area contributed by atoms with Crippen molar-refractivity contribution >= 4 is 90.9 Å². The van der Waals surface area contributed by atoms with Gasteiger partial charge in [-0.2, -0.15) is 0 Å². The number of hydrogen-bond acceptors (Lipinski definition) is 3. The first-order chi connectivity index (χ1) is 27.3. The van der Waals surface area contributed by atoms with E-state index in [1.807, 2.05) is 22.7 Å². The van der Waals surface area contributed by atoms with Crippen molar-refractivity contribution in [2.45, 2.75) is 0 Å². The van der Waals surface area contributed by atoms with Crippen LogP contribution in [0.1, 0.15) is 0 Å². The van der Waals surface area contributed by atoms with Gasteiger partial charge in [-0.1, -0.05) is 158 Å². The molecule has 0 fully saturated rings. The maximum atomic E-state index is 2.47. The molecule has 0 saturated carbocycles. The minimum Gasteiger partial charge on any atom is -0.310 e. The summed E-state index contributed by atoms with van der Waals surface area (Å²) < 4.78 is 5.20. The first-order valence-corrected chi connectivity index (χ1v) is 20.3. The van der Waals surface area contributed by atoms with Crippen LogP contribution < -0.4 is 4.90 Å². The molecule has 0 unspecified atom stereocenters. The Kier molecular flexibility index (Phi) is 7.61. The molecule has 0 aliphatic rings. The number of rotatable bonds is 6. The number of nitrogens with zero attached hydrogens (tertiary/aromatic N) is 1. The van der Waals surface area contributed by atoms with Crippen molar-refractivity contribution in [1.29, 1.82) is 0 Å². The molecule has 1 nitrogen and oxygen atoms in total. The molecule has 2 heterocycles. The van der Waals surface area contributed by atoms with Gasteiger partial charge in [-0.25, -0.2) is 0 Å². The molecule has 0 spiro atoms. The zero-order chi connectivity index (χ0) is 36.3. The second-order valence-electron chi connectivity index (χ2n) is 14.0. The molecule has 0 atom stereocenters. The second-order valence-corrected chi connectivity index (χ2v) is 16.2. The molecule has 0 bridgehead atoms. The van der Waals surface area contributed by atoms with Crippen LogP contribution >= 0.6 is 22.7 Å². The summed E-state index contributed by atoms with van der Waals surface area (Å²) in [6, 6.07) is 73.4. The van der Waals surface area contributed by atoms with Gasteiger partial charge in [-0.3, -0.25) is 0 Å². The van der Waals surface area contributed by atoms with Crippen LogP contribution in [0.25, 0.3) is 84.5 Å². The Morgan fingerprint density at radius 2 is 0.927 bits per heavy atom.